The maximum atomic E-state index is 13.7. The van der Waals surface area contributed by atoms with Crippen molar-refractivity contribution >= 4 is 11.8 Å². The van der Waals surface area contributed by atoms with Crippen molar-refractivity contribution in [2.75, 3.05) is 34.4 Å². The van der Waals surface area contributed by atoms with Crippen LogP contribution < -0.4 is 15.2 Å². The summed E-state index contributed by atoms with van der Waals surface area (Å²) < 4.78 is 24.5. The van der Waals surface area contributed by atoms with Crippen LogP contribution in [0.2, 0.25) is 0 Å². The Balaban J connectivity index is 1.81. The summed E-state index contributed by atoms with van der Waals surface area (Å²) in [6.07, 6.45) is 1.64. The van der Waals surface area contributed by atoms with Gasteiger partial charge in [0.05, 0.1) is 26.8 Å². The first kappa shape index (κ1) is 22.6. The van der Waals surface area contributed by atoms with E-state index in [2.05, 4.69) is 0 Å². The SMILES string of the molecule is COc1ccc(OC)c(C2CCCN2C(=O)CN(C)C(C(N)=O)c2cccc(F)c2)c1. The topological polar surface area (TPSA) is 85.1 Å². The Hall–Kier alpha value is -3.13. The van der Waals surface area contributed by atoms with E-state index in [0.29, 0.717) is 23.6 Å². The second-order valence-corrected chi connectivity index (χ2v) is 7.63. The van der Waals surface area contributed by atoms with Crippen molar-refractivity contribution in [1.29, 1.82) is 0 Å². The zero-order chi connectivity index (χ0) is 22.5. The molecule has 166 valence electrons. The molecular formula is C23H28FN3O4. The van der Waals surface area contributed by atoms with Crippen molar-refractivity contribution in [1.82, 2.24) is 9.80 Å². The van der Waals surface area contributed by atoms with Gasteiger partial charge in [-0.15, -0.1) is 0 Å². The fraction of sp³-hybridized carbons (Fsp3) is 0.391. The van der Waals surface area contributed by atoms with Crippen LogP contribution in [0.5, 0.6) is 11.5 Å². The quantitative estimate of drug-likeness (QED) is 0.697. The minimum Gasteiger partial charge on any atom is -0.497 e. The average molecular weight is 429 g/mol. The van der Waals surface area contributed by atoms with Gasteiger partial charge < -0.3 is 20.1 Å². The van der Waals surface area contributed by atoms with E-state index in [1.54, 1.807) is 37.1 Å². The summed E-state index contributed by atoms with van der Waals surface area (Å²) in [5, 5.41) is 0. The van der Waals surface area contributed by atoms with Crippen LogP contribution in [0.1, 0.15) is 36.1 Å². The number of methoxy groups -OCH3 is 2. The molecule has 0 aromatic heterocycles. The fourth-order valence-corrected chi connectivity index (χ4v) is 4.20. The number of nitrogens with zero attached hydrogens (tertiary/aromatic N) is 2. The van der Waals surface area contributed by atoms with E-state index in [1.165, 1.54) is 18.2 Å². The van der Waals surface area contributed by atoms with Crippen molar-refractivity contribution in [3.8, 4) is 11.5 Å². The number of rotatable bonds is 8. The molecule has 8 heteroatoms. The van der Waals surface area contributed by atoms with Gasteiger partial charge in [-0.25, -0.2) is 4.39 Å². The van der Waals surface area contributed by atoms with Crippen LogP contribution in [0, 0.1) is 5.82 Å². The lowest BCUT2D eigenvalue weighted by atomic mass is 10.0. The molecule has 1 fully saturated rings. The summed E-state index contributed by atoms with van der Waals surface area (Å²) in [7, 11) is 4.82. The Morgan fingerprint density at radius 2 is 2.00 bits per heavy atom. The lowest BCUT2D eigenvalue weighted by molar-refractivity contribution is -0.134. The Kier molecular flexibility index (Phi) is 7.12. The van der Waals surface area contributed by atoms with Crippen molar-refractivity contribution in [3.63, 3.8) is 0 Å². The van der Waals surface area contributed by atoms with Crippen LogP contribution in [0.4, 0.5) is 4.39 Å². The first-order valence-corrected chi connectivity index (χ1v) is 10.1. The number of carbonyl (C=O) groups is 2. The second kappa shape index (κ2) is 9.78. The van der Waals surface area contributed by atoms with Gasteiger partial charge in [0, 0.05) is 12.1 Å². The van der Waals surface area contributed by atoms with Crippen LogP contribution in [-0.2, 0) is 9.59 Å². The molecule has 2 N–H and O–H groups in total. The van der Waals surface area contributed by atoms with Crippen LogP contribution in [0.3, 0.4) is 0 Å². The van der Waals surface area contributed by atoms with Gasteiger partial charge in [0.25, 0.3) is 0 Å². The first-order valence-electron chi connectivity index (χ1n) is 10.1. The molecule has 0 bridgehead atoms. The smallest absolute Gasteiger partial charge is 0.239 e. The fourth-order valence-electron chi connectivity index (χ4n) is 4.20. The minimum absolute atomic E-state index is 0.0348. The largest absolute Gasteiger partial charge is 0.497 e. The van der Waals surface area contributed by atoms with E-state index in [0.717, 1.165) is 18.4 Å². The van der Waals surface area contributed by atoms with Gasteiger partial charge in [-0.2, -0.15) is 0 Å². The molecule has 2 amide bonds. The maximum absolute atomic E-state index is 13.7. The summed E-state index contributed by atoms with van der Waals surface area (Å²) in [5.41, 5.74) is 6.87. The number of hydrogen-bond donors (Lipinski definition) is 1. The predicted molar refractivity (Wildman–Crippen MR) is 114 cm³/mol. The molecule has 2 atom stereocenters. The number of carbonyl (C=O) groups excluding carboxylic acids is 2. The van der Waals surface area contributed by atoms with E-state index in [9.17, 15) is 14.0 Å². The highest BCUT2D eigenvalue weighted by Gasteiger charge is 2.34. The molecule has 3 rings (SSSR count). The Morgan fingerprint density at radius 3 is 2.65 bits per heavy atom. The molecule has 0 saturated carbocycles. The molecule has 0 spiro atoms. The summed E-state index contributed by atoms with van der Waals surface area (Å²) in [4.78, 5) is 28.6. The minimum atomic E-state index is -0.910. The summed E-state index contributed by atoms with van der Waals surface area (Å²) in [5.74, 6) is 0.125. The standard InChI is InChI=1S/C23H28FN3O4/c1-26(22(23(25)29)15-6-4-7-16(24)12-15)14-21(28)27-11-5-8-19(27)18-13-17(30-2)9-10-20(18)31-3/h4,6-7,9-10,12-13,19,22H,5,8,11,14H2,1-3H3,(H2,25,29). The lowest BCUT2D eigenvalue weighted by Gasteiger charge is -2.31. The Morgan fingerprint density at radius 1 is 1.23 bits per heavy atom. The number of nitrogens with two attached hydrogens (primary N) is 1. The molecule has 1 saturated heterocycles. The highest BCUT2D eigenvalue weighted by atomic mass is 19.1. The molecule has 2 aromatic rings. The number of amides is 2. The Bertz CT molecular complexity index is 952. The van der Waals surface area contributed by atoms with Gasteiger partial charge in [0.2, 0.25) is 11.8 Å². The third-order valence-corrected chi connectivity index (χ3v) is 5.63. The second-order valence-electron chi connectivity index (χ2n) is 7.63. The van der Waals surface area contributed by atoms with Gasteiger partial charge in [0.15, 0.2) is 0 Å². The van der Waals surface area contributed by atoms with Crippen molar-refractivity contribution < 1.29 is 23.5 Å². The normalized spacial score (nSPS) is 16.9. The molecule has 1 heterocycles. The van der Waals surface area contributed by atoms with Crippen LogP contribution in [0.25, 0.3) is 0 Å². The zero-order valence-corrected chi connectivity index (χ0v) is 18.0. The summed E-state index contributed by atoms with van der Waals surface area (Å²) >= 11 is 0. The lowest BCUT2D eigenvalue weighted by Crippen LogP contribution is -2.43. The first-order chi connectivity index (χ1) is 14.8. The highest BCUT2D eigenvalue weighted by molar-refractivity contribution is 5.84. The van der Waals surface area contributed by atoms with E-state index in [-0.39, 0.29) is 18.5 Å². The molecule has 0 aliphatic carbocycles. The number of likely N-dealkylation sites (N-methyl/N-ethyl adjacent to an activating group) is 1. The van der Waals surface area contributed by atoms with Gasteiger partial charge in [-0.05, 0) is 55.8 Å². The maximum Gasteiger partial charge on any atom is 0.239 e. The molecule has 2 aromatic carbocycles. The molecule has 31 heavy (non-hydrogen) atoms. The molecule has 2 unspecified atom stereocenters. The van der Waals surface area contributed by atoms with Crippen LogP contribution >= 0.6 is 0 Å². The van der Waals surface area contributed by atoms with Gasteiger partial charge in [-0.1, -0.05) is 12.1 Å². The number of benzene rings is 2. The number of halogens is 1. The van der Waals surface area contributed by atoms with E-state index in [4.69, 9.17) is 15.2 Å². The van der Waals surface area contributed by atoms with Crippen molar-refractivity contribution in [3.05, 3.63) is 59.4 Å². The van der Waals surface area contributed by atoms with Gasteiger partial charge >= 0.3 is 0 Å². The molecule has 7 nitrogen and oxygen atoms in total. The van der Waals surface area contributed by atoms with Gasteiger partial charge in [0.1, 0.15) is 23.4 Å². The zero-order valence-electron chi connectivity index (χ0n) is 18.0. The third-order valence-electron chi connectivity index (χ3n) is 5.63. The molecule has 1 aliphatic rings. The predicted octanol–water partition coefficient (Wildman–Crippen LogP) is 2.66. The van der Waals surface area contributed by atoms with E-state index < -0.39 is 17.8 Å². The molecule has 0 radical (unpaired) electrons. The number of ether oxygens (including phenoxy) is 2. The molecule has 1 aliphatic heterocycles. The van der Waals surface area contributed by atoms with Crippen molar-refractivity contribution in [2.45, 2.75) is 24.9 Å². The summed E-state index contributed by atoms with van der Waals surface area (Å²) in [6, 6.07) is 10.2. The van der Waals surface area contributed by atoms with Crippen LogP contribution in [0.15, 0.2) is 42.5 Å². The average Bonchev–Trinajstić information content (AvgIpc) is 3.23. The molecular weight excluding hydrogens is 401 g/mol. The van der Waals surface area contributed by atoms with Crippen LogP contribution in [-0.4, -0.2) is 56.0 Å². The Labute approximate surface area is 181 Å². The number of hydrogen-bond acceptors (Lipinski definition) is 5. The monoisotopic (exact) mass is 429 g/mol. The highest BCUT2D eigenvalue weighted by Crippen LogP contribution is 2.39. The van der Waals surface area contributed by atoms with E-state index in [1.807, 2.05) is 18.2 Å². The number of likely N-dealkylation sites (tertiary alicyclic amines) is 1. The number of primary amides is 1. The third kappa shape index (κ3) is 4.96. The van der Waals surface area contributed by atoms with Gasteiger partial charge in [-0.3, -0.25) is 14.5 Å². The van der Waals surface area contributed by atoms with Crippen molar-refractivity contribution in [2.24, 2.45) is 5.73 Å². The summed E-state index contributed by atoms with van der Waals surface area (Å²) in [6.45, 7) is 0.561. The van der Waals surface area contributed by atoms with E-state index >= 15 is 0 Å².